The van der Waals surface area contributed by atoms with Crippen molar-refractivity contribution in [2.75, 3.05) is 26.8 Å². The number of carbonyl (C=O) groups is 3. The molecule has 2 aliphatic carbocycles. The fourth-order valence-corrected chi connectivity index (χ4v) is 5.69. The number of nitrogens with one attached hydrogen (secondary N) is 1. The summed E-state index contributed by atoms with van der Waals surface area (Å²) >= 11 is 0. The molecular formula is C27H30N2O6. The van der Waals surface area contributed by atoms with E-state index in [1.165, 1.54) is 12.0 Å². The van der Waals surface area contributed by atoms with Crippen LogP contribution in [0.2, 0.25) is 0 Å². The number of fused-ring (bicyclic) bond motifs is 3. The maximum Gasteiger partial charge on any atom is 0.407 e. The van der Waals surface area contributed by atoms with Crippen LogP contribution in [0.25, 0.3) is 11.1 Å². The van der Waals surface area contributed by atoms with Gasteiger partial charge in [-0.05, 0) is 35.1 Å². The minimum absolute atomic E-state index is 0.0423. The lowest BCUT2D eigenvalue weighted by atomic mass is 9.67. The Labute approximate surface area is 204 Å². The van der Waals surface area contributed by atoms with Crippen molar-refractivity contribution in [2.45, 2.75) is 43.7 Å². The van der Waals surface area contributed by atoms with E-state index in [1.807, 2.05) is 24.3 Å². The molecule has 0 spiro atoms. The molecule has 2 unspecified atom stereocenters. The van der Waals surface area contributed by atoms with Crippen molar-refractivity contribution in [1.29, 1.82) is 0 Å². The number of amides is 2. The molecule has 2 atom stereocenters. The molecule has 8 heteroatoms. The topological polar surface area (TPSA) is 105 Å². The van der Waals surface area contributed by atoms with E-state index in [9.17, 15) is 19.5 Å². The van der Waals surface area contributed by atoms with Gasteiger partial charge in [-0.3, -0.25) is 4.79 Å². The number of carboxylic acid groups (broad SMARTS) is 1. The van der Waals surface area contributed by atoms with Crippen LogP contribution >= 0.6 is 0 Å². The second kappa shape index (κ2) is 9.34. The van der Waals surface area contributed by atoms with Crippen molar-refractivity contribution in [3.8, 4) is 11.1 Å². The largest absolute Gasteiger partial charge is 0.480 e. The van der Waals surface area contributed by atoms with Crippen LogP contribution < -0.4 is 5.32 Å². The van der Waals surface area contributed by atoms with Crippen LogP contribution in [-0.4, -0.2) is 66.9 Å². The SMILES string of the molecule is COC1CC(C(=O)O)N(C(=O)C2(CNC(=O)OCC3c4ccccc4-c4ccccc43)CCC2)C1. The number of likely N-dealkylation sites (tertiary alicyclic amines) is 1. The second-order valence-corrected chi connectivity index (χ2v) is 9.72. The van der Waals surface area contributed by atoms with Gasteiger partial charge in [0.2, 0.25) is 5.91 Å². The Balaban J connectivity index is 1.22. The maximum absolute atomic E-state index is 13.4. The van der Waals surface area contributed by atoms with Crippen molar-refractivity contribution in [3.63, 3.8) is 0 Å². The zero-order chi connectivity index (χ0) is 24.6. The summed E-state index contributed by atoms with van der Waals surface area (Å²) in [5.74, 6) is -1.30. The third-order valence-corrected chi connectivity index (χ3v) is 7.82. The van der Waals surface area contributed by atoms with Crippen LogP contribution in [0, 0.1) is 5.41 Å². The molecule has 3 aliphatic rings. The number of carbonyl (C=O) groups excluding carboxylic acids is 2. The molecule has 35 heavy (non-hydrogen) atoms. The molecule has 8 nitrogen and oxygen atoms in total. The number of methoxy groups -OCH3 is 1. The van der Waals surface area contributed by atoms with E-state index in [4.69, 9.17) is 9.47 Å². The van der Waals surface area contributed by atoms with E-state index in [-0.39, 0.29) is 44.0 Å². The Hall–Kier alpha value is -3.39. The number of alkyl carbamates (subject to hydrolysis) is 1. The zero-order valence-electron chi connectivity index (χ0n) is 19.7. The quantitative estimate of drug-likeness (QED) is 0.632. The number of hydrogen-bond donors (Lipinski definition) is 2. The molecule has 5 rings (SSSR count). The number of rotatable bonds is 7. The smallest absolute Gasteiger partial charge is 0.407 e. The highest BCUT2D eigenvalue weighted by atomic mass is 16.5. The number of benzene rings is 2. The van der Waals surface area contributed by atoms with E-state index < -0.39 is 23.5 Å². The predicted molar refractivity (Wildman–Crippen MR) is 128 cm³/mol. The molecule has 2 N–H and O–H groups in total. The van der Waals surface area contributed by atoms with Gasteiger partial charge in [0.1, 0.15) is 12.6 Å². The fraction of sp³-hybridized carbons (Fsp3) is 0.444. The van der Waals surface area contributed by atoms with Crippen LogP contribution in [0.1, 0.15) is 42.7 Å². The molecule has 2 amide bonds. The zero-order valence-corrected chi connectivity index (χ0v) is 19.7. The lowest BCUT2D eigenvalue weighted by Gasteiger charge is -2.43. The monoisotopic (exact) mass is 478 g/mol. The molecule has 184 valence electrons. The molecule has 2 aromatic rings. The van der Waals surface area contributed by atoms with Gasteiger partial charge in [-0.1, -0.05) is 55.0 Å². The Morgan fingerprint density at radius 3 is 2.23 bits per heavy atom. The number of nitrogens with zero attached hydrogens (tertiary/aromatic N) is 1. The highest BCUT2D eigenvalue weighted by Crippen LogP contribution is 2.45. The van der Waals surface area contributed by atoms with Gasteiger partial charge in [-0.15, -0.1) is 0 Å². The van der Waals surface area contributed by atoms with Crippen LogP contribution in [0.5, 0.6) is 0 Å². The summed E-state index contributed by atoms with van der Waals surface area (Å²) in [6, 6.07) is 15.4. The number of hydrogen-bond acceptors (Lipinski definition) is 5. The first-order valence-corrected chi connectivity index (χ1v) is 12.1. The van der Waals surface area contributed by atoms with Crippen molar-refractivity contribution >= 4 is 18.0 Å². The molecule has 0 radical (unpaired) electrons. The summed E-state index contributed by atoms with van der Waals surface area (Å²) in [4.78, 5) is 39.2. The fourth-order valence-electron chi connectivity index (χ4n) is 5.69. The van der Waals surface area contributed by atoms with Gasteiger partial charge in [0, 0.05) is 32.5 Å². The number of aliphatic carboxylic acids is 1. The van der Waals surface area contributed by atoms with Crippen molar-refractivity contribution in [3.05, 3.63) is 59.7 Å². The van der Waals surface area contributed by atoms with Gasteiger partial charge in [0.05, 0.1) is 11.5 Å². The standard InChI is InChI=1S/C27H30N2O6/c1-34-17-13-23(24(30)31)29(14-17)25(32)27(11-6-12-27)16-28-26(33)35-15-22-20-9-4-2-7-18(20)19-8-3-5-10-21(19)22/h2-5,7-10,17,22-23H,6,11-16H2,1H3,(H,28,33)(H,30,31). The molecule has 0 bridgehead atoms. The summed E-state index contributed by atoms with van der Waals surface area (Å²) in [6.45, 7) is 0.575. The first-order valence-electron chi connectivity index (χ1n) is 12.1. The Kier molecular flexibility index (Phi) is 6.23. The Bertz CT molecular complexity index is 1100. The van der Waals surface area contributed by atoms with Gasteiger partial charge >= 0.3 is 12.1 Å². The predicted octanol–water partition coefficient (Wildman–Crippen LogP) is 3.40. The normalized spacial score (nSPS) is 22.1. The van der Waals surface area contributed by atoms with Gasteiger partial charge in [0.15, 0.2) is 0 Å². The highest BCUT2D eigenvalue weighted by Gasteiger charge is 2.51. The summed E-state index contributed by atoms with van der Waals surface area (Å²) < 4.78 is 10.9. The molecule has 1 saturated carbocycles. The van der Waals surface area contributed by atoms with E-state index in [1.54, 1.807) is 0 Å². The van der Waals surface area contributed by atoms with Crippen molar-refractivity contribution in [1.82, 2.24) is 10.2 Å². The number of carboxylic acids is 1. The first-order chi connectivity index (χ1) is 16.9. The average Bonchev–Trinajstić information content (AvgIpc) is 3.42. The number of ether oxygens (including phenoxy) is 2. The van der Waals surface area contributed by atoms with Gasteiger partial charge in [0.25, 0.3) is 0 Å². The van der Waals surface area contributed by atoms with E-state index in [2.05, 4.69) is 29.6 Å². The van der Waals surface area contributed by atoms with Crippen LogP contribution in [0.4, 0.5) is 4.79 Å². The van der Waals surface area contributed by atoms with Gasteiger partial charge in [-0.25, -0.2) is 9.59 Å². The average molecular weight is 479 g/mol. The van der Waals surface area contributed by atoms with Crippen molar-refractivity contribution in [2.24, 2.45) is 5.41 Å². The molecule has 2 aromatic carbocycles. The summed E-state index contributed by atoms with van der Waals surface area (Å²) in [5, 5.41) is 12.4. The maximum atomic E-state index is 13.4. The van der Waals surface area contributed by atoms with E-state index in [0.29, 0.717) is 12.8 Å². The lowest BCUT2D eigenvalue weighted by molar-refractivity contribution is -0.156. The minimum Gasteiger partial charge on any atom is -0.480 e. The van der Waals surface area contributed by atoms with Crippen molar-refractivity contribution < 1.29 is 29.0 Å². The summed E-state index contributed by atoms with van der Waals surface area (Å²) in [6.07, 6.45) is 1.47. The molecular weight excluding hydrogens is 448 g/mol. The minimum atomic E-state index is -1.03. The summed E-state index contributed by atoms with van der Waals surface area (Å²) in [7, 11) is 1.52. The third-order valence-electron chi connectivity index (χ3n) is 7.82. The molecule has 1 heterocycles. The Morgan fingerprint density at radius 1 is 1.06 bits per heavy atom. The van der Waals surface area contributed by atoms with Crippen LogP contribution in [-0.2, 0) is 19.1 Å². The molecule has 1 aliphatic heterocycles. The third kappa shape index (κ3) is 4.16. The summed E-state index contributed by atoms with van der Waals surface area (Å²) in [5.41, 5.74) is 3.79. The highest BCUT2D eigenvalue weighted by molar-refractivity contribution is 5.89. The van der Waals surface area contributed by atoms with Gasteiger partial charge < -0.3 is 24.8 Å². The molecule has 0 aromatic heterocycles. The Morgan fingerprint density at radius 2 is 1.69 bits per heavy atom. The van der Waals surface area contributed by atoms with Crippen LogP contribution in [0.3, 0.4) is 0 Å². The molecule has 1 saturated heterocycles. The van der Waals surface area contributed by atoms with Gasteiger partial charge in [-0.2, -0.15) is 0 Å². The van der Waals surface area contributed by atoms with E-state index in [0.717, 1.165) is 28.7 Å². The molecule has 2 fully saturated rings. The second-order valence-electron chi connectivity index (χ2n) is 9.72. The first kappa shape index (κ1) is 23.4. The van der Waals surface area contributed by atoms with Crippen LogP contribution in [0.15, 0.2) is 48.5 Å². The van der Waals surface area contributed by atoms with E-state index >= 15 is 0 Å². The lowest BCUT2D eigenvalue weighted by Crippen LogP contribution is -2.56.